The van der Waals surface area contributed by atoms with Crippen molar-refractivity contribution in [1.29, 1.82) is 0 Å². The first kappa shape index (κ1) is 13.2. The molecule has 2 rings (SSSR count). The van der Waals surface area contributed by atoms with Crippen molar-refractivity contribution in [3.8, 4) is 0 Å². The number of nitrogens with zero attached hydrogens (tertiary/aromatic N) is 1. The lowest BCUT2D eigenvalue weighted by Crippen LogP contribution is -2.37. The van der Waals surface area contributed by atoms with Crippen molar-refractivity contribution >= 4 is 11.9 Å². The summed E-state index contributed by atoms with van der Waals surface area (Å²) in [6.45, 7) is 0.994. The Hall–Kier alpha value is -1.24. The maximum atomic E-state index is 12.2. The molecule has 2 N–H and O–H groups in total. The molecule has 0 aromatic carbocycles. The molecule has 0 aromatic heterocycles. The van der Waals surface area contributed by atoms with Crippen LogP contribution in [0, 0.1) is 5.92 Å². The molecule has 0 spiro atoms. The van der Waals surface area contributed by atoms with Gasteiger partial charge in [-0.15, -0.1) is 0 Å². The van der Waals surface area contributed by atoms with Crippen LogP contribution in [0.5, 0.6) is 0 Å². The van der Waals surface area contributed by atoms with E-state index < -0.39 is 31.0 Å². The highest BCUT2D eigenvalue weighted by Gasteiger charge is 2.40. The number of alkyl halides is 2. The molecule has 3 amide bonds. The van der Waals surface area contributed by atoms with E-state index >= 15 is 0 Å². The molecule has 2 aliphatic rings. The number of carbonyl (C=O) groups is 2. The molecule has 0 aliphatic carbocycles. The van der Waals surface area contributed by atoms with Crippen LogP contribution in [-0.2, 0) is 4.79 Å². The van der Waals surface area contributed by atoms with Crippen molar-refractivity contribution in [3.63, 3.8) is 0 Å². The van der Waals surface area contributed by atoms with Gasteiger partial charge in [-0.25, -0.2) is 13.6 Å². The third-order valence-corrected chi connectivity index (χ3v) is 3.46. The number of carbonyl (C=O) groups excluding carboxylic acids is 2. The minimum absolute atomic E-state index is 0.368. The van der Waals surface area contributed by atoms with Gasteiger partial charge in [-0.1, -0.05) is 0 Å². The van der Waals surface area contributed by atoms with Crippen molar-refractivity contribution < 1.29 is 18.4 Å². The second-order valence-electron chi connectivity index (χ2n) is 4.77. The van der Waals surface area contributed by atoms with E-state index in [-0.39, 0.29) is 0 Å². The Morgan fingerprint density at radius 3 is 2.56 bits per heavy atom. The summed E-state index contributed by atoms with van der Waals surface area (Å²) in [5.74, 6) is -0.147. The Labute approximate surface area is 104 Å². The first-order chi connectivity index (χ1) is 8.58. The number of hydrogen-bond donors (Lipinski definition) is 2. The predicted molar refractivity (Wildman–Crippen MR) is 60.2 cm³/mol. The largest absolute Gasteiger partial charge is 0.326 e. The second kappa shape index (κ2) is 5.60. The van der Waals surface area contributed by atoms with Gasteiger partial charge in [0.2, 0.25) is 0 Å². The van der Waals surface area contributed by atoms with Crippen LogP contribution in [0.25, 0.3) is 0 Å². The number of halogens is 2. The number of urea groups is 1. The summed E-state index contributed by atoms with van der Waals surface area (Å²) in [4.78, 5) is 23.9. The van der Waals surface area contributed by atoms with Gasteiger partial charge in [-0.3, -0.25) is 9.69 Å². The highest BCUT2D eigenvalue weighted by atomic mass is 19.3. The van der Waals surface area contributed by atoms with E-state index in [2.05, 4.69) is 10.6 Å². The normalized spacial score (nSPS) is 25.9. The van der Waals surface area contributed by atoms with Crippen LogP contribution in [0.3, 0.4) is 0 Å². The summed E-state index contributed by atoms with van der Waals surface area (Å²) in [5.41, 5.74) is 0. The molecule has 2 fully saturated rings. The van der Waals surface area contributed by atoms with E-state index in [0.29, 0.717) is 17.2 Å². The van der Waals surface area contributed by atoms with Crippen LogP contribution in [-0.4, -0.2) is 48.9 Å². The van der Waals surface area contributed by atoms with Crippen LogP contribution in [0.1, 0.15) is 19.3 Å². The standard InChI is InChI=1S/C11H17F2N3O2/c12-9(13)6-16-10(17)8(15-11(16)18)5-7-1-3-14-4-2-7/h7-9,14H,1-6H2,(H,15,18). The lowest BCUT2D eigenvalue weighted by molar-refractivity contribution is -0.129. The number of piperidine rings is 1. The second-order valence-corrected chi connectivity index (χ2v) is 4.77. The van der Waals surface area contributed by atoms with Gasteiger partial charge in [0.25, 0.3) is 12.3 Å². The van der Waals surface area contributed by atoms with E-state index in [1.54, 1.807) is 0 Å². The first-order valence-corrected chi connectivity index (χ1v) is 6.18. The quantitative estimate of drug-likeness (QED) is 0.727. The Morgan fingerprint density at radius 2 is 1.94 bits per heavy atom. The highest BCUT2D eigenvalue weighted by molar-refractivity contribution is 6.04. The molecule has 0 aromatic rings. The maximum absolute atomic E-state index is 12.2. The van der Waals surface area contributed by atoms with Crippen molar-refractivity contribution in [2.45, 2.75) is 31.7 Å². The van der Waals surface area contributed by atoms with Gasteiger partial charge in [0.1, 0.15) is 6.04 Å². The van der Waals surface area contributed by atoms with Crippen molar-refractivity contribution in [3.05, 3.63) is 0 Å². The van der Waals surface area contributed by atoms with Crippen molar-refractivity contribution in [2.24, 2.45) is 5.92 Å². The minimum Gasteiger partial charge on any atom is -0.326 e. The van der Waals surface area contributed by atoms with Gasteiger partial charge in [0.05, 0.1) is 6.54 Å². The molecule has 2 aliphatic heterocycles. The number of hydrogen-bond acceptors (Lipinski definition) is 3. The Bertz CT molecular complexity index is 332. The lowest BCUT2D eigenvalue weighted by atomic mass is 9.91. The monoisotopic (exact) mass is 261 g/mol. The molecule has 1 atom stereocenters. The average Bonchev–Trinajstić information content (AvgIpc) is 2.58. The van der Waals surface area contributed by atoms with E-state index in [1.807, 2.05) is 0 Å². The Balaban J connectivity index is 1.90. The van der Waals surface area contributed by atoms with Gasteiger partial charge in [0.15, 0.2) is 0 Å². The van der Waals surface area contributed by atoms with Gasteiger partial charge in [0, 0.05) is 0 Å². The van der Waals surface area contributed by atoms with E-state index in [0.717, 1.165) is 25.9 Å². The van der Waals surface area contributed by atoms with Crippen LogP contribution in [0.4, 0.5) is 13.6 Å². The maximum Gasteiger partial charge on any atom is 0.324 e. The van der Waals surface area contributed by atoms with Crippen LogP contribution < -0.4 is 10.6 Å². The van der Waals surface area contributed by atoms with Crippen LogP contribution in [0.15, 0.2) is 0 Å². The predicted octanol–water partition coefficient (Wildman–Crippen LogP) is 0.562. The third kappa shape index (κ3) is 2.95. The zero-order chi connectivity index (χ0) is 13.1. The Morgan fingerprint density at radius 1 is 1.28 bits per heavy atom. The molecule has 0 radical (unpaired) electrons. The molecule has 18 heavy (non-hydrogen) atoms. The summed E-state index contributed by atoms with van der Waals surface area (Å²) in [5, 5.41) is 5.70. The summed E-state index contributed by atoms with van der Waals surface area (Å²) in [6.07, 6.45) is -0.230. The fourth-order valence-electron chi connectivity index (χ4n) is 2.50. The molecule has 2 saturated heterocycles. The average molecular weight is 261 g/mol. The summed E-state index contributed by atoms with van der Waals surface area (Å²) in [6, 6.07) is -1.32. The van der Waals surface area contributed by atoms with Crippen LogP contribution >= 0.6 is 0 Å². The molecule has 1 unspecified atom stereocenters. The molecular formula is C11H17F2N3O2. The molecular weight excluding hydrogens is 244 g/mol. The van der Waals surface area contributed by atoms with Crippen LogP contribution in [0.2, 0.25) is 0 Å². The fourth-order valence-corrected chi connectivity index (χ4v) is 2.50. The molecule has 2 heterocycles. The van der Waals surface area contributed by atoms with E-state index in [4.69, 9.17) is 0 Å². The van der Waals surface area contributed by atoms with Gasteiger partial charge in [-0.2, -0.15) is 0 Å². The van der Waals surface area contributed by atoms with Gasteiger partial charge < -0.3 is 10.6 Å². The number of amides is 3. The number of nitrogens with one attached hydrogen (secondary N) is 2. The Kier molecular flexibility index (Phi) is 4.11. The van der Waals surface area contributed by atoms with Gasteiger partial charge in [-0.05, 0) is 38.3 Å². The zero-order valence-corrected chi connectivity index (χ0v) is 9.99. The lowest BCUT2D eigenvalue weighted by Gasteiger charge is -2.24. The molecule has 0 saturated carbocycles. The third-order valence-electron chi connectivity index (χ3n) is 3.46. The van der Waals surface area contributed by atoms with Crippen molar-refractivity contribution in [2.75, 3.05) is 19.6 Å². The molecule has 5 nitrogen and oxygen atoms in total. The fraction of sp³-hybridized carbons (Fsp3) is 0.818. The van der Waals surface area contributed by atoms with Crippen molar-refractivity contribution in [1.82, 2.24) is 15.5 Å². The molecule has 0 bridgehead atoms. The topological polar surface area (TPSA) is 61.4 Å². The zero-order valence-electron chi connectivity index (χ0n) is 9.99. The molecule has 7 heteroatoms. The van der Waals surface area contributed by atoms with E-state index in [9.17, 15) is 18.4 Å². The summed E-state index contributed by atoms with van der Waals surface area (Å²) < 4.78 is 24.5. The highest BCUT2D eigenvalue weighted by Crippen LogP contribution is 2.21. The number of rotatable bonds is 4. The molecule has 102 valence electrons. The summed E-state index contributed by atoms with van der Waals surface area (Å²) >= 11 is 0. The summed E-state index contributed by atoms with van der Waals surface area (Å²) in [7, 11) is 0. The van der Waals surface area contributed by atoms with Gasteiger partial charge >= 0.3 is 6.03 Å². The first-order valence-electron chi connectivity index (χ1n) is 6.18. The van der Waals surface area contributed by atoms with E-state index in [1.165, 1.54) is 0 Å². The number of imide groups is 1. The smallest absolute Gasteiger partial charge is 0.324 e. The minimum atomic E-state index is -2.68. The SMILES string of the molecule is O=C1NC(CC2CCNCC2)C(=O)N1CC(F)F.